The van der Waals surface area contributed by atoms with Crippen LogP contribution in [-0.2, 0) is 34.2 Å². The van der Waals surface area contributed by atoms with Gasteiger partial charge in [0.15, 0.2) is 0 Å². The fourth-order valence-electron chi connectivity index (χ4n) is 3.67. The van der Waals surface area contributed by atoms with Crippen molar-refractivity contribution in [1.29, 1.82) is 0 Å². The third kappa shape index (κ3) is 3.85. The molecule has 1 amide bonds. The van der Waals surface area contributed by atoms with Crippen molar-refractivity contribution >= 4 is 33.0 Å². The summed E-state index contributed by atoms with van der Waals surface area (Å²) < 4.78 is 28.2. The lowest BCUT2D eigenvalue weighted by Crippen LogP contribution is -2.50. The molecule has 1 aliphatic heterocycles. The number of sulfonamides is 1. The molecule has 1 aromatic heterocycles. The monoisotopic (exact) mass is 426 g/mol. The van der Waals surface area contributed by atoms with E-state index in [2.05, 4.69) is 5.32 Å². The van der Waals surface area contributed by atoms with Crippen molar-refractivity contribution in [2.24, 2.45) is 0 Å². The number of carbonyl (C=O) groups is 1. The van der Waals surface area contributed by atoms with E-state index in [1.165, 1.54) is 15.6 Å². The van der Waals surface area contributed by atoms with Crippen LogP contribution < -0.4 is 5.32 Å². The van der Waals surface area contributed by atoms with Crippen LogP contribution in [0.1, 0.15) is 23.6 Å². The van der Waals surface area contributed by atoms with E-state index in [1.54, 1.807) is 17.5 Å². The lowest BCUT2D eigenvalue weighted by molar-refractivity contribution is -0.120. The van der Waals surface area contributed by atoms with Gasteiger partial charge in [0.05, 0.1) is 0 Å². The van der Waals surface area contributed by atoms with Gasteiger partial charge in [-0.15, -0.1) is 11.3 Å². The van der Waals surface area contributed by atoms with Gasteiger partial charge in [0, 0.05) is 12.2 Å². The lowest BCUT2D eigenvalue weighted by Gasteiger charge is -2.34. The molecule has 2 aromatic carbocycles. The zero-order valence-electron chi connectivity index (χ0n) is 16.0. The number of fused-ring (bicyclic) bond motifs is 1. The maximum Gasteiger partial charge on any atom is 0.253 e. The fourth-order valence-corrected chi connectivity index (χ4v) is 6.35. The van der Waals surface area contributed by atoms with E-state index in [9.17, 15) is 13.2 Å². The van der Waals surface area contributed by atoms with Crippen molar-refractivity contribution in [2.75, 3.05) is 5.32 Å². The molecule has 2 heterocycles. The molecule has 0 spiro atoms. The molecule has 150 valence electrons. The Morgan fingerprint density at radius 1 is 1.07 bits per heavy atom. The maximum atomic E-state index is 13.3. The zero-order valence-corrected chi connectivity index (χ0v) is 17.7. The van der Waals surface area contributed by atoms with Gasteiger partial charge < -0.3 is 5.32 Å². The van der Waals surface area contributed by atoms with Gasteiger partial charge in [0.2, 0.25) is 5.91 Å². The first kappa shape index (κ1) is 19.8. The van der Waals surface area contributed by atoms with E-state index in [0.717, 1.165) is 28.8 Å². The topological polar surface area (TPSA) is 66.5 Å². The molecule has 5 nitrogen and oxygen atoms in total. The van der Waals surface area contributed by atoms with E-state index in [-0.39, 0.29) is 16.7 Å². The predicted molar refractivity (Wildman–Crippen MR) is 115 cm³/mol. The number of carbonyl (C=O) groups excluding carboxylic acids is 1. The van der Waals surface area contributed by atoms with Crippen LogP contribution in [-0.4, -0.2) is 24.7 Å². The minimum atomic E-state index is -3.77. The van der Waals surface area contributed by atoms with Crippen LogP contribution in [0.25, 0.3) is 0 Å². The van der Waals surface area contributed by atoms with Crippen LogP contribution in [0.2, 0.25) is 0 Å². The Hall–Kier alpha value is -2.48. The molecule has 1 aliphatic rings. The molecule has 29 heavy (non-hydrogen) atoms. The SMILES string of the molecule is CCc1ccccc1NC(=O)C1Cc2ccccc2CN1S(=O)(=O)c1cccs1. The largest absolute Gasteiger partial charge is 0.324 e. The zero-order chi connectivity index (χ0) is 20.4. The van der Waals surface area contributed by atoms with Crippen molar-refractivity contribution in [3.05, 3.63) is 82.7 Å². The number of benzene rings is 2. The second-order valence-electron chi connectivity index (χ2n) is 6.97. The number of para-hydroxylation sites is 1. The van der Waals surface area contributed by atoms with Crippen molar-refractivity contribution in [1.82, 2.24) is 4.31 Å². The summed E-state index contributed by atoms with van der Waals surface area (Å²) in [4.78, 5) is 13.3. The van der Waals surface area contributed by atoms with Gasteiger partial charge in [-0.25, -0.2) is 8.42 Å². The lowest BCUT2D eigenvalue weighted by atomic mass is 9.95. The predicted octanol–water partition coefficient (Wildman–Crippen LogP) is 4.06. The normalized spacial score (nSPS) is 16.9. The Labute approximate surface area is 175 Å². The van der Waals surface area contributed by atoms with Gasteiger partial charge in [-0.1, -0.05) is 55.5 Å². The first-order valence-electron chi connectivity index (χ1n) is 9.51. The number of nitrogens with one attached hydrogen (secondary N) is 1. The minimum Gasteiger partial charge on any atom is -0.324 e. The summed E-state index contributed by atoms with van der Waals surface area (Å²) in [6.07, 6.45) is 1.13. The quantitative estimate of drug-likeness (QED) is 0.669. The Morgan fingerprint density at radius 3 is 2.52 bits per heavy atom. The fraction of sp³-hybridized carbons (Fsp3) is 0.227. The molecule has 3 aromatic rings. The summed E-state index contributed by atoms with van der Waals surface area (Å²) in [6.45, 7) is 2.21. The molecule has 4 rings (SSSR count). The minimum absolute atomic E-state index is 0.184. The third-order valence-electron chi connectivity index (χ3n) is 5.22. The number of hydrogen-bond acceptors (Lipinski definition) is 4. The third-order valence-corrected chi connectivity index (χ3v) is 8.45. The molecule has 1 unspecified atom stereocenters. The molecule has 7 heteroatoms. The number of anilines is 1. The highest BCUT2D eigenvalue weighted by molar-refractivity contribution is 7.91. The molecular formula is C22H22N2O3S2. The summed E-state index contributed by atoms with van der Waals surface area (Å²) in [5.74, 6) is -0.305. The van der Waals surface area contributed by atoms with Crippen molar-refractivity contribution < 1.29 is 13.2 Å². The summed E-state index contributed by atoms with van der Waals surface area (Å²) in [5.41, 5.74) is 3.69. The van der Waals surface area contributed by atoms with Gasteiger partial charge in [0.25, 0.3) is 10.0 Å². The van der Waals surface area contributed by atoms with Crippen molar-refractivity contribution in [2.45, 2.75) is 36.6 Å². The van der Waals surface area contributed by atoms with Crippen LogP contribution in [0.15, 0.2) is 70.3 Å². The van der Waals surface area contributed by atoms with Crippen LogP contribution in [0.4, 0.5) is 5.69 Å². The van der Waals surface area contributed by atoms with E-state index < -0.39 is 16.1 Å². The first-order chi connectivity index (χ1) is 14.0. The second kappa shape index (κ2) is 8.10. The van der Waals surface area contributed by atoms with Gasteiger partial charge in [-0.3, -0.25) is 4.79 Å². The molecule has 0 bridgehead atoms. The highest BCUT2D eigenvalue weighted by atomic mass is 32.2. The molecule has 0 aliphatic carbocycles. The van der Waals surface area contributed by atoms with E-state index in [0.29, 0.717) is 6.42 Å². The number of aryl methyl sites for hydroxylation is 1. The van der Waals surface area contributed by atoms with Crippen LogP contribution in [0.5, 0.6) is 0 Å². The molecular weight excluding hydrogens is 404 g/mol. The molecule has 1 atom stereocenters. The number of nitrogens with zero attached hydrogens (tertiary/aromatic N) is 1. The van der Waals surface area contributed by atoms with Gasteiger partial charge in [-0.05, 0) is 47.0 Å². The Bertz CT molecular complexity index is 1120. The summed E-state index contributed by atoms with van der Waals surface area (Å²) in [7, 11) is -3.77. The van der Waals surface area contributed by atoms with Crippen molar-refractivity contribution in [3.63, 3.8) is 0 Å². The molecule has 0 saturated heterocycles. The average molecular weight is 427 g/mol. The molecule has 0 radical (unpaired) electrons. The summed E-state index contributed by atoms with van der Waals surface area (Å²) >= 11 is 1.17. The number of thiophene rings is 1. The number of rotatable bonds is 5. The van der Waals surface area contributed by atoms with Crippen LogP contribution >= 0.6 is 11.3 Å². The molecule has 0 fully saturated rings. The van der Waals surface area contributed by atoms with Crippen LogP contribution in [0.3, 0.4) is 0 Å². The van der Waals surface area contributed by atoms with E-state index >= 15 is 0 Å². The Kier molecular flexibility index (Phi) is 5.54. The number of hydrogen-bond donors (Lipinski definition) is 1. The highest BCUT2D eigenvalue weighted by Crippen LogP contribution is 2.31. The van der Waals surface area contributed by atoms with Gasteiger partial charge in [-0.2, -0.15) is 4.31 Å². The van der Waals surface area contributed by atoms with E-state index in [4.69, 9.17) is 0 Å². The second-order valence-corrected chi connectivity index (χ2v) is 10.0. The summed E-state index contributed by atoms with van der Waals surface area (Å²) in [5, 5.41) is 4.70. The standard InChI is InChI=1S/C22H22N2O3S2/c1-2-16-8-5-6-11-19(16)23-22(25)20-14-17-9-3-4-10-18(17)15-24(20)29(26,27)21-12-7-13-28-21/h3-13,20H,2,14-15H2,1H3,(H,23,25). The smallest absolute Gasteiger partial charge is 0.253 e. The van der Waals surface area contributed by atoms with E-state index in [1.807, 2.05) is 55.5 Å². The Morgan fingerprint density at radius 2 is 1.79 bits per heavy atom. The molecule has 0 saturated carbocycles. The van der Waals surface area contributed by atoms with Crippen molar-refractivity contribution in [3.8, 4) is 0 Å². The average Bonchev–Trinajstić information content (AvgIpc) is 3.29. The first-order valence-corrected chi connectivity index (χ1v) is 11.8. The van der Waals surface area contributed by atoms with Gasteiger partial charge >= 0.3 is 0 Å². The summed E-state index contributed by atoms with van der Waals surface area (Å²) in [6, 6.07) is 17.8. The van der Waals surface area contributed by atoms with Crippen LogP contribution in [0, 0.1) is 0 Å². The Balaban J connectivity index is 1.71. The maximum absolute atomic E-state index is 13.3. The molecule has 1 N–H and O–H groups in total. The van der Waals surface area contributed by atoms with Gasteiger partial charge in [0.1, 0.15) is 10.3 Å². The number of amides is 1. The highest BCUT2D eigenvalue weighted by Gasteiger charge is 2.40.